The molecule has 1 aromatic carbocycles. The van der Waals surface area contributed by atoms with E-state index in [2.05, 4.69) is 45.0 Å². The molecule has 0 saturated heterocycles. The van der Waals surface area contributed by atoms with Gasteiger partial charge < -0.3 is 5.11 Å². The van der Waals surface area contributed by atoms with Crippen LogP contribution in [-0.4, -0.2) is 28.6 Å². The van der Waals surface area contributed by atoms with E-state index in [0.29, 0.717) is 0 Å². The van der Waals surface area contributed by atoms with Crippen molar-refractivity contribution in [3.8, 4) is 0 Å². The Balaban J connectivity index is 2.13. The van der Waals surface area contributed by atoms with E-state index in [0.717, 1.165) is 17.6 Å². The molecule has 0 aliphatic heterocycles. The van der Waals surface area contributed by atoms with Crippen LogP contribution in [0.4, 0.5) is 0 Å². The van der Waals surface area contributed by atoms with Gasteiger partial charge in [-0.3, -0.25) is 4.90 Å². The Bertz CT molecular complexity index is 533. The minimum absolute atomic E-state index is 0.184. The topological polar surface area (TPSA) is 36.4 Å². The predicted molar refractivity (Wildman–Crippen MR) is 84.3 cm³/mol. The SMILES string of the molecule is CN(Cc1ccnc(Br)c1)[C@H](CCO)c1ccccc1. The van der Waals surface area contributed by atoms with Crippen molar-refractivity contribution >= 4 is 15.9 Å². The normalized spacial score (nSPS) is 12.6. The standard InChI is InChI=1S/C16H19BrN2O/c1-19(12-13-7-9-18-16(17)11-13)15(8-10-20)14-5-3-2-4-6-14/h2-7,9,11,15,20H,8,10,12H2,1H3/t15-/m1/s1. The number of pyridine rings is 1. The van der Waals surface area contributed by atoms with Gasteiger partial charge in [0.1, 0.15) is 4.60 Å². The molecule has 2 aromatic rings. The Kier molecular flexibility index (Phi) is 5.71. The lowest BCUT2D eigenvalue weighted by Gasteiger charge is -2.28. The van der Waals surface area contributed by atoms with Crippen molar-refractivity contribution in [1.29, 1.82) is 0 Å². The molecule has 4 heteroatoms. The summed E-state index contributed by atoms with van der Waals surface area (Å²) in [5.74, 6) is 0. The van der Waals surface area contributed by atoms with Gasteiger partial charge in [0.05, 0.1) is 0 Å². The Morgan fingerprint density at radius 2 is 2.00 bits per heavy atom. The van der Waals surface area contributed by atoms with Gasteiger partial charge in [-0.25, -0.2) is 4.98 Å². The van der Waals surface area contributed by atoms with Crippen LogP contribution in [0.1, 0.15) is 23.6 Å². The van der Waals surface area contributed by atoms with Crippen LogP contribution in [0.15, 0.2) is 53.3 Å². The lowest BCUT2D eigenvalue weighted by atomic mass is 10.0. The predicted octanol–water partition coefficient (Wildman–Crippen LogP) is 3.40. The molecule has 1 aromatic heterocycles. The van der Waals surface area contributed by atoms with Crippen LogP contribution in [0.3, 0.4) is 0 Å². The lowest BCUT2D eigenvalue weighted by molar-refractivity contribution is 0.180. The second kappa shape index (κ2) is 7.53. The summed E-state index contributed by atoms with van der Waals surface area (Å²) >= 11 is 3.40. The molecule has 0 spiro atoms. The molecule has 1 heterocycles. The van der Waals surface area contributed by atoms with E-state index in [-0.39, 0.29) is 12.6 Å². The van der Waals surface area contributed by atoms with Crippen molar-refractivity contribution in [2.75, 3.05) is 13.7 Å². The van der Waals surface area contributed by atoms with Crippen LogP contribution >= 0.6 is 15.9 Å². The van der Waals surface area contributed by atoms with Crippen molar-refractivity contribution in [1.82, 2.24) is 9.88 Å². The third-order valence-electron chi connectivity index (χ3n) is 3.34. The number of aliphatic hydroxyl groups is 1. The molecule has 0 radical (unpaired) electrons. The van der Waals surface area contributed by atoms with Crippen LogP contribution in [0.2, 0.25) is 0 Å². The van der Waals surface area contributed by atoms with E-state index < -0.39 is 0 Å². The highest BCUT2D eigenvalue weighted by Gasteiger charge is 2.16. The molecular weight excluding hydrogens is 316 g/mol. The lowest BCUT2D eigenvalue weighted by Crippen LogP contribution is -2.25. The third-order valence-corrected chi connectivity index (χ3v) is 3.78. The largest absolute Gasteiger partial charge is 0.396 e. The van der Waals surface area contributed by atoms with Crippen molar-refractivity contribution in [3.63, 3.8) is 0 Å². The van der Waals surface area contributed by atoms with Gasteiger partial charge in [0, 0.05) is 25.4 Å². The molecule has 2 rings (SSSR count). The zero-order chi connectivity index (χ0) is 14.4. The fraction of sp³-hybridized carbons (Fsp3) is 0.312. The first-order valence-corrected chi connectivity index (χ1v) is 7.46. The van der Waals surface area contributed by atoms with Gasteiger partial charge in [0.25, 0.3) is 0 Å². The maximum Gasteiger partial charge on any atom is 0.106 e. The van der Waals surface area contributed by atoms with Gasteiger partial charge in [-0.15, -0.1) is 0 Å². The van der Waals surface area contributed by atoms with Crippen molar-refractivity contribution in [2.45, 2.75) is 19.0 Å². The highest BCUT2D eigenvalue weighted by atomic mass is 79.9. The number of halogens is 1. The Morgan fingerprint density at radius 1 is 1.25 bits per heavy atom. The van der Waals surface area contributed by atoms with Gasteiger partial charge >= 0.3 is 0 Å². The maximum absolute atomic E-state index is 9.31. The molecule has 1 N–H and O–H groups in total. The highest BCUT2D eigenvalue weighted by Crippen LogP contribution is 2.24. The summed E-state index contributed by atoms with van der Waals surface area (Å²) in [6.45, 7) is 1.00. The van der Waals surface area contributed by atoms with Gasteiger partial charge in [0.2, 0.25) is 0 Å². The number of nitrogens with zero attached hydrogens (tertiary/aromatic N) is 2. The Labute approximate surface area is 128 Å². The van der Waals surface area contributed by atoms with Gasteiger partial charge in [0.15, 0.2) is 0 Å². The Morgan fingerprint density at radius 3 is 2.65 bits per heavy atom. The molecule has 0 aliphatic rings. The zero-order valence-corrected chi connectivity index (χ0v) is 13.1. The molecule has 106 valence electrons. The molecule has 0 saturated carbocycles. The minimum atomic E-state index is 0.184. The molecule has 0 amide bonds. The summed E-state index contributed by atoms with van der Waals surface area (Å²) in [5.41, 5.74) is 2.44. The first-order chi connectivity index (χ1) is 9.70. The number of aromatic nitrogens is 1. The van der Waals surface area contributed by atoms with E-state index in [1.165, 1.54) is 11.1 Å². The number of hydrogen-bond donors (Lipinski definition) is 1. The number of hydrogen-bond acceptors (Lipinski definition) is 3. The van der Waals surface area contributed by atoms with Gasteiger partial charge in [-0.05, 0) is 52.7 Å². The highest BCUT2D eigenvalue weighted by molar-refractivity contribution is 9.10. The molecule has 0 aliphatic carbocycles. The number of aliphatic hydroxyl groups excluding tert-OH is 1. The monoisotopic (exact) mass is 334 g/mol. The second-order valence-electron chi connectivity index (χ2n) is 4.84. The quantitative estimate of drug-likeness (QED) is 0.822. The number of rotatable bonds is 6. The molecule has 0 bridgehead atoms. The fourth-order valence-electron chi connectivity index (χ4n) is 2.38. The summed E-state index contributed by atoms with van der Waals surface area (Å²) in [7, 11) is 2.08. The molecular formula is C16H19BrN2O. The first-order valence-electron chi connectivity index (χ1n) is 6.67. The van der Waals surface area contributed by atoms with Crippen molar-refractivity contribution < 1.29 is 5.11 Å². The average Bonchev–Trinajstić information content (AvgIpc) is 2.45. The summed E-state index contributed by atoms with van der Waals surface area (Å²) < 4.78 is 0.849. The summed E-state index contributed by atoms with van der Waals surface area (Å²) in [4.78, 5) is 6.40. The summed E-state index contributed by atoms with van der Waals surface area (Å²) in [5, 5.41) is 9.31. The van der Waals surface area contributed by atoms with Gasteiger partial charge in [-0.2, -0.15) is 0 Å². The van der Waals surface area contributed by atoms with Crippen LogP contribution in [0.5, 0.6) is 0 Å². The summed E-state index contributed by atoms with van der Waals surface area (Å²) in [6, 6.07) is 14.6. The van der Waals surface area contributed by atoms with E-state index >= 15 is 0 Å². The molecule has 1 atom stereocenters. The molecule has 20 heavy (non-hydrogen) atoms. The van der Waals surface area contributed by atoms with E-state index in [9.17, 15) is 5.11 Å². The molecule has 3 nitrogen and oxygen atoms in total. The van der Waals surface area contributed by atoms with Crippen molar-refractivity contribution in [2.24, 2.45) is 0 Å². The van der Waals surface area contributed by atoms with Crippen LogP contribution < -0.4 is 0 Å². The van der Waals surface area contributed by atoms with Crippen molar-refractivity contribution in [3.05, 3.63) is 64.4 Å². The van der Waals surface area contributed by atoms with E-state index in [1.807, 2.05) is 30.3 Å². The average molecular weight is 335 g/mol. The second-order valence-corrected chi connectivity index (χ2v) is 5.65. The third kappa shape index (κ3) is 4.13. The fourth-order valence-corrected chi connectivity index (χ4v) is 2.79. The van der Waals surface area contributed by atoms with E-state index in [1.54, 1.807) is 6.20 Å². The van der Waals surface area contributed by atoms with Crippen LogP contribution in [-0.2, 0) is 6.54 Å². The smallest absolute Gasteiger partial charge is 0.106 e. The molecule has 0 unspecified atom stereocenters. The number of benzene rings is 1. The molecule has 0 fully saturated rings. The van der Waals surface area contributed by atoms with E-state index in [4.69, 9.17) is 0 Å². The first kappa shape index (κ1) is 15.2. The van der Waals surface area contributed by atoms with Gasteiger partial charge in [-0.1, -0.05) is 30.3 Å². The minimum Gasteiger partial charge on any atom is -0.396 e. The van der Waals surface area contributed by atoms with Crippen LogP contribution in [0, 0.1) is 0 Å². The van der Waals surface area contributed by atoms with Crippen LogP contribution in [0.25, 0.3) is 0 Å². The summed E-state index contributed by atoms with van der Waals surface area (Å²) in [6.07, 6.45) is 2.53. The Hall–Kier alpha value is -1.23. The zero-order valence-electron chi connectivity index (χ0n) is 11.5. The maximum atomic E-state index is 9.31.